The van der Waals surface area contributed by atoms with Gasteiger partial charge >= 0.3 is 0 Å². The van der Waals surface area contributed by atoms with Gasteiger partial charge in [-0.05, 0) is 17.2 Å². The minimum atomic E-state index is 0.0167. The van der Waals surface area contributed by atoms with Gasteiger partial charge in [-0.1, -0.05) is 23.7 Å². The Bertz CT molecular complexity index is 568. The molecule has 3 nitrogen and oxygen atoms in total. The molecule has 0 fully saturated rings. The fourth-order valence-corrected chi connectivity index (χ4v) is 2.31. The molecule has 16 heavy (non-hydrogen) atoms. The lowest BCUT2D eigenvalue weighted by atomic mass is 10.0. The molecule has 1 aliphatic heterocycles. The molecule has 2 heterocycles. The fraction of sp³-hybridized carbons (Fsp3) is 0.250. The maximum Gasteiger partial charge on any atom is 0.135 e. The van der Waals surface area contributed by atoms with E-state index in [0.717, 1.165) is 27.6 Å². The van der Waals surface area contributed by atoms with Crippen molar-refractivity contribution in [3.63, 3.8) is 0 Å². The van der Waals surface area contributed by atoms with Gasteiger partial charge in [-0.25, -0.2) is 4.98 Å². The molecule has 1 N–H and O–H groups in total. The van der Waals surface area contributed by atoms with Crippen LogP contribution in [0.1, 0.15) is 16.7 Å². The zero-order valence-corrected chi connectivity index (χ0v) is 9.29. The topological polar surface area (TPSA) is 42.4 Å². The van der Waals surface area contributed by atoms with Crippen LogP contribution in [0.15, 0.2) is 18.2 Å². The molecule has 0 atom stereocenters. The summed E-state index contributed by atoms with van der Waals surface area (Å²) in [5, 5.41) is 10.6. The summed E-state index contributed by atoms with van der Waals surface area (Å²) in [6.45, 7) is 1.15. The van der Waals surface area contributed by atoms with Crippen LogP contribution < -0.4 is 0 Å². The summed E-state index contributed by atoms with van der Waals surface area (Å²) >= 11 is 6.09. The standard InChI is InChI=1S/C12H10ClNO2/c13-12-10-6-16-5-9(10)8-2-1-7(4-15)3-11(8)14-12/h1-3,15H,4-6H2. The second-order valence-corrected chi connectivity index (χ2v) is 4.22. The van der Waals surface area contributed by atoms with E-state index in [4.69, 9.17) is 21.4 Å². The third-order valence-electron chi connectivity index (χ3n) is 2.89. The van der Waals surface area contributed by atoms with E-state index < -0.39 is 0 Å². The van der Waals surface area contributed by atoms with Crippen molar-refractivity contribution in [2.75, 3.05) is 0 Å². The smallest absolute Gasteiger partial charge is 0.135 e. The number of rotatable bonds is 1. The van der Waals surface area contributed by atoms with E-state index in [9.17, 15) is 0 Å². The summed E-state index contributed by atoms with van der Waals surface area (Å²) in [7, 11) is 0. The molecule has 3 rings (SSSR count). The molecule has 0 unspecified atom stereocenters. The molecular formula is C12H10ClNO2. The quantitative estimate of drug-likeness (QED) is 0.772. The van der Waals surface area contributed by atoms with Gasteiger partial charge < -0.3 is 9.84 Å². The van der Waals surface area contributed by atoms with Gasteiger partial charge in [0.25, 0.3) is 0 Å². The van der Waals surface area contributed by atoms with Crippen molar-refractivity contribution in [2.24, 2.45) is 0 Å². The summed E-state index contributed by atoms with van der Waals surface area (Å²) in [5.74, 6) is 0. The number of aliphatic hydroxyl groups is 1. The van der Waals surface area contributed by atoms with E-state index in [-0.39, 0.29) is 6.61 Å². The number of halogens is 1. The zero-order chi connectivity index (χ0) is 11.1. The number of hydrogen-bond acceptors (Lipinski definition) is 3. The Balaban J connectivity index is 2.33. The van der Waals surface area contributed by atoms with Gasteiger partial charge in [-0.2, -0.15) is 0 Å². The zero-order valence-electron chi connectivity index (χ0n) is 8.53. The SMILES string of the molecule is OCc1ccc2c3c(c(Cl)nc2c1)COC3. The number of hydrogen-bond donors (Lipinski definition) is 1. The second-order valence-electron chi connectivity index (χ2n) is 3.86. The van der Waals surface area contributed by atoms with E-state index in [1.165, 1.54) is 0 Å². The van der Waals surface area contributed by atoms with Crippen molar-refractivity contribution >= 4 is 22.5 Å². The normalized spacial score (nSPS) is 14.4. The number of pyridine rings is 1. The third kappa shape index (κ3) is 1.40. The van der Waals surface area contributed by atoms with E-state index in [2.05, 4.69) is 4.98 Å². The van der Waals surface area contributed by atoms with Gasteiger partial charge in [0.15, 0.2) is 0 Å². The molecular weight excluding hydrogens is 226 g/mol. The lowest BCUT2D eigenvalue weighted by molar-refractivity contribution is 0.135. The molecule has 0 aliphatic carbocycles. The molecule has 0 radical (unpaired) electrons. The predicted molar refractivity (Wildman–Crippen MR) is 61.2 cm³/mol. The van der Waals surface area contributed by atoms with Crippen molar-refractivity contribution < 1.29 is 9.84 Å². The number of nitrogens with zero attached hydrogens (tertiary/aromatic N) is 1. The Morgan fingerprint density at radius 3 is 2.94 bits per heavy atom. The molecule has 0 amide bonds. The lowest BCUT2D eigenvalue weighted by Gasteiger charge is -2.06. The van der Waals surface area contributed by atoms with Crippen molar-refractivity contribution in [2.45, 2.75) is 19.8 Å². The molecule has 4 heteroatoms. The number of aliphatic hydroxyl groups excluding tert-OH is 1. The van der Waals surface area contributed by atoms with E-state index in [1.807, 2.05) is 18.2 Å². The molecule has 2 aromatic rings. The maximum absolute atomic E-state index is 9.07. The largest absolute Gasteiger partial charge is 0.392 e. The number of fused-ring (bicyclic) bond motifs is 3. The Morgan fingerprint density at radius 2 is 2.12 bits per heavy atom. The van der Waals surface area contributed by atoms with E-state index >= 15 is 0 Å². The molecule has 1 aromatic carbocycles. The van der Waals surface area contributed by atoms with Gasteiger partial charge in [0.2, 0.25) is 0 Å². The summed E-state index contributed by atoms with van der Waals surface area (Å²) in [6.07, 6.45) is 0. The van der Waals surface area contributed by atoms with Gasteiger partial charge in [-0.15, -0.1) is 0 Å². The molecule has 1 aliphatic rings. The van der Waals surface area contributed by atoms with E-state index in [1.54, 1.807) is 0 Å². The molecule has 0 saturated heterocycles. The maximum atomic E-state index is 9.07. The van der Waals surface area contributed by atoms with Crippen LogP contribution in [0.5, 0.6) is 0 Å². The molecule has 0 saturated carbocycles. The Morgan fingerprint density at radius 1 is 1.31 bits per heavy atom. The van der Waals surface area contributed by atoms with Crippen LogP contribution in [-0.2, 0) is 24.6 Å². The Labute approximate surface area is 97.6 Å². The van der Waals surface area contributed by atoms with Crippen LogP contribution in [-0.4, -0.2) is 10.1 Å². The van der Waals surface area contributed by atoms with Crippen LogP contribution in [0.4, 0.5) is 0 Å². The van der Waals surface area contributed by atoms with Crippen LogP contribution in [0, 0.1) is 0 Å². The molecule has 1 aromatic heterocycles. The third-order valence-corrected chi connectivity index (χ3v) is 3.21. The summed E-state index contributed by atoms with van der Waals surface area (Å²) in [6, 6.07) is 5.73. The highest BCUT2D eigenvalue weighted by molar-refractivity contribution is 6.30. The van der Waals surface area contributed by atoms with Crippen LogP contribution in [0.2, 0.25) is 5.15 Å². The first-order valence-electron chi connectivity index (χ1n) is 5.08. The average molecular weight is 236 g/mol. The first-order valence-corrected chi connectivity index (χ1v) is 5.46. The van der Waals surface area contributed by atoms with Gasteiger partial charge in [0.05, 0.1) is 25.3 Å². The predicted octanol–water partition coefficient (Wildman–Crippen LogP) is 2.41. The highest BCUT2D eigenvalue weighted by Crippen LogP contribution is 2.32. The van der Waals surface area contributed by atoms with Crippen molar-refractivity contribution in [3.8, 4) is 0 Å². The summed E-state index contributed by atoms with van der Waals surface area (Å²) in [4.78, 5) is 4.33. The number of aromatic nitrogens is 1. The summed E-state index contributed by atoms with van der Waals surface area (Å²) < 4.78 is 5.39. The highest BCUT2D eigenvalue weighted by Gasteiger charge is 2.19. The Hall–Kier alpha value is -1.16. The first-order chi connectivity index (χ1) is 7.79. The van der Waals surface area contributed by atoms with Crippen LogP contribution >= 0.6 is 11.6 Å². The summed E-state index contributed by atoms with van der Waals surface area (Å²) in [5.41, 5.74) is 3.78. The lowest BCUT2D eigenvalue weighted by Crippen LogP contribution is -1.93. The molecule has 0 bridgehead atoms. The van der Waals surface area contributed by atoms with Gasteiger partial charge in [0, 0.05) is 10.9 Å². The van der Waals surface area contributed by atoms with Crippen molar-refractivity contribution in [1.82, 2.24) is 4.98 Å². The first kappa shape index (κ1) is 10.0. The number of ether oxygens (including phenoxy) is 1. The monoisotopic (exact) mass is 235 g/mol. The van der Waals surface area contributed by atoms with Crippen molar-refractivity contribution in [3.05, 3.63) is 40.0 Å². The van der Waals surface area contributed by atoms with Gasteiger partial charge in [-0.3, -0.25) is 0 Å². The average Bonchev–Trinajstić information content (AvgIpc) is 2.78. The fourth-order valence-electron chi connectivity index (χ4n) is 2.05. The highest BCUT2D eigenvalue weighted by atomic mass is 35.5. The van der Waals surface area contributed by atoms with Crippen LogP contribution in [0.3, 0.4) is 0 Å². The van der Waals surface area contributed by atoms with Gasteiger partial charge in [0.1, 0.15) is 5.15 Å². The Kier molecular flexibility index (Phi) is 2.32. The second kappa shape index (κ2) is 3.70. The minimum absolute atomic E-state index is 0.0167. The molecule has 0 spiro atoms. The number of benzene rings is 1. The minimum Gasteiger partial charge on any atom is -0.392 e. The van der Waals surface area contributed by atoms with Crippen molar-refractivity contribution in [1.29, 1.82) is 0 Å². The van der Waals surface area contributed by atoms with Crippen LogP contribution in [0.25, 0.3) is 10.9 Å². The molecule has 82 valence electrons. The van der Waals surface area contributed by atoms with E-state index in [0.29, 0.717) is 18.4 Å².